The second kappa shape index (κ2) is 8.00. The van der Waals surface area contributed by atoms with E-state index in [1.54, 1.807) is 6.20 Å². The number of aromatic nitrogens is 2. The minimum atomic E-state index is -0.632. The van der Waals surface area contributed by atoms with Gasteiger partial charge in [-0.3, -0.25) is 20.4 Å². The maximum Gasteiger partial charge on any atom is 0.340 e. The molecule has 0 unspecified atom stereocenters. The van der Waals surface area contributed by atoms with E-state index in [-0.39, 0.29) is 6.42 Å². The lowest BCUT2D eigenvalue weighted by Gasteiger charge is -2.07. The Morgan fingerprint density at radius 2 is 1.93 bits per heavy atom. The number of rotatable bonds is 5. The third-order valence-electron chi connectivity index (χ3n) is 3.77. The summed E-state index contributed by atoms with van der Waals surface area (Å²) in [5.41, 5.74) is 6.59. The molecule has 1 aromatic carbocycles. The molecule has 0 fully saturated rings. The molecule has 140 valence electrons. The van der Waals surface area contributed by atoms with Gasteiger partial charge in [0.15, 0.2) is 6.61 Å². The first kappa shape index (κ1) is 18.6. The monoisotopic (exact) mass is 386 g/mol. The van der Waals surface area contributed by atoms with Gasteiger partial charge in [-0.15, -0.1) is 11.3 Å². The Bertz CT molecular complexity index is 1010. The summed E-state index contributed by atoms with van der Waals surface area (Å²) in [4.78, 5) is 40.0. The molecule has 2 heterocycles. The lowest BCUT2D eigenvalue weighted by atomic mass is 10.2. The summed E-state index contributed by atoms with van der Waals surface area (Å²) in [7, 11) is 1.82. The summed E-state index contributed by atoms with van der Waals surface area (Å²) < 4.78 is 6.85. The Hall–Kier alpha value is -3.20. The average Bonchev–Trinajstić information content (AvgIpc) is 3.21. The molecule has 0 aliphatic rings. The molecule has 2 N–H and O–H groups in total. The maximum absolute atomic E-state index is 12.2. The van der Waals surface area contributed by atoms with Crippen LogP contribution in [0.1, 0.15) is 21.1 Å². The molecule has 0 saturated heterocycles. The minimum Gasteiger partial charge on any atom is -0.452 e. The third-order valence-corrected chi connectivity index (χ3v) is 4.74. The van der Waals surface area contributed by atoms with Gasteiger partial charge in [0.1, 0.15) is 5.01 Å². The van der Waals surface area contributed by atoms with Crippen LogP contribution in [0.2, 0.25) is 0 Å². The predicted molar refractivity (Wildman–Crippen MR) is 100 cm³/mol. The number of hydrazine groups is 1. The summed E-state index contributed by atoms with van der Waals surface area (Å²) in [5, 5.41) is 3.24. The van der Waals surface area contributed by atoms with Crippen molar-refractivity contribution in [2.75, 3.05) is 6.61 Å². The fraction of sp³-hybridized carbons (Fsp3) is 0.222. The predicted octanol–water partition coefficient (Wildman–Crippen LogP) is 1.49. The van der Waals surface area contributed by atoms with E-state index in [1.165, 1.54) is 11.3 Å². The summed E-state index contributed by atoms with van der Waals surface area (Å²) in [6.07, 6.45) is 1.72. The van der Waals surface area contributed by atoms with E-state index in [0.717, 1.165) is 16.6 Å². The van der Waals surface area contributed by atoms with Crippen LogP contribution in [0.25, 0.3) is 10.9 Å². The van der Waals surface area contributed by atoms with Crippen LogP contribution >= 0.6 is 11.3 Å². The number of aryl methyl sites for hydroxylation is 2. The van der Waals surface area contributed by atoms with Crippen molar-refractivity contribution in [3.05, 3.63) is 52.1 Å². The highest BCUT2D eigenvalue weighted by atomic mass is 32.1. The molecular formula is C18H18N4O4S. The first-order valence-electron chi connectivity index (χ1n) is 8.14. The molecule has 0 saturated carbocycles. The van der Waals surface area contributed by atoms with Crippen molar-refractivity contribution in [2.24, 2.45) is 7.05 Å². The Morgan fingerprint density at radius 1 is 1.19 bits per heavy atom. The second-order valence-corrected chi connectivity index (χ2v) is 6.85. The average molecular weight is 386 g/mol. The highest BCUT2D eigenvalue weighted by Gasteiger charge is 2.16. The number of thiazole rings is 1. The topological polar surface area (TPSA) is 102 Å². The number of hydrogen-bond acceptors (Lipinski definition) is 6. The minimum absolute atomic E-state index is 0.0641. The quantitative estimate of drug-likeness (QED) is 0.511. The number of nitrogens with zero attached hydrogens (tertiary/aromatic N) is 2. The zero-order valence-corrected chi connectivity index (χ0v) is 15.6. The van der Waals surface area contributed by atoms with Gasteiger partial charge >= 0.3 is 5.97 Å². The number of esters is 1. The zero-order chi connectivity index (χ0) is 19.4. The largest absolute Gasteiger partial charge is 0.452 e. The standard InChI is InChI=1S/C18H18N4O4S/c1-11-10-27-17(19-11)7-15(23)20-21-16(24)9-26-18(25)13-8-22(2)14-6-4-3-5-12(13)14/h3-6,8,10H,7,9H2,1-2H3,(H,20,23)(H,21,24). The van der Waals surface area contributed by atoms with Gasteiger partial charge < -0.3 is 9.30 Å². The number of fused-ring (bicyclic) bond motifs is 1. The smallest absolute Gasteiger partial charge is 0.340 e. The van der Waals surface area contributed by atoms with Gasteiger partial charge in [-0.25, -0.2) is 9.78 Å². The fourth-order valence-corrected chi connectivity index (χ4v) is 3.32. The number of carbonyl (C=O) groups excluding carboxylic acids is 3. The number of amides is 2. The lowest BCUT2D eigenvalue weighted by Crippen LogP contribution is -2.44. The van der Waals surface area contributed by atoms with Crippen molar-refractivity contribution in [1.82, 2.24) is 20.4 Å². The van der Waals surface area contributed by atoms with Gasteiger partial charge in [-0.05, 0) is 13.0 Å². The van der Waals surface area contributed by atoms with Crippen molar-refractivity contribution in [1.29, 1.82) is 0 Å². The lowest BCUT2D eigenvalue weighted by molar-refractivity contribution is -0.130. The zero-order valence-electron chi connectivity index (χ0n) is 14.8. The normalized spacial score (nSPS) is 10.6. The summed E-state index contributed by atoms with van der Waals surface area (Å²) >= 11 is 1.37. The van der Waals surface area contributed by atoms with Crippen molar-refractivity contribution in [2.45, 2.75) is 13.3 Å². The van der Waals surface area contributed by atoms with Crippen LogP contribution < -0.4 is 10.9 Å². The van der Waals surface area contributed by atoms with Crippen molar-refractivity contribution in [3.8, 4) is 0 Å². The summed E-state index contributed by atoms with van der Waals surface area (Å²) in [6, 6.07) is 7.40. The van der Waals surface area contributed by atoms with Crippen LogP contribution in [-0.2, 0) is 27.8 Å². The molecule has 27 heavy (non-hydrogen) atoms. The van der Waals surface area contributed by atoms with Gasteiger partial charge in [0.25, 0.3) is 5.91 Å². The van der Waals surface area contributed by atoms with Gasteiger partial charge in [0, 0.05) is 35.2 Å². The maximum atomic E-state index is 12.2. The third kappa shape index (κ3) is 4.50. The molecule has 0 radical (unpaired) electrons. The number of nitrogens with one attached hydrogen (secondary N) is 2. The van der Waals surface area contributed by atoms with E-state index in [1.807, 2.05) is 48.2 Å². The summed E-state index contributed by atoms with van der Waals surface area (Å²) in [6.45, 7) is 1.34. The van der Waals surface area contributed by atoms with E-state index in [4.69, 9.17) is 4.74 Å². The number of para-hydroxylation sites is 1. The van der Waals surface area contributed by atoms with E-state index >= 15 is 0 Å². The molecule has 9 heteroatoms. The van der Waals surface area contributed by atoms with Gasteiger partial charge in [0.2, 0.25) is 5.91 Å². The number of benzene rings is 1. The first-order valence-corrected chi connectivity index (χ1v) is 9.02. The van der Waals surface area contributed by atoms with E-state index in [9.17, 15) is 14.4 Å². The van der Waals surface area contributed by atoms with Gasteiger partial charge in [-0.1, -0.05) is 18.2 Å². The van der Waals surface area contributed by atoms with Gasteiger partial charge in [0.05, 0.1) is 12.0 Å². The van der Waals surface area contributed by atoms with Crippen LogP contribution in [0.3, 0.4) is 0 Å². The highest BCUT2D eigenvalue weighted by molar-refractivity contribution is 7.09. The number of carbonyl (C=O) groups is 3. The van der Waals surface area contributed by atoms with E-state index < -0.39 is 24.4 Å². The molecule has 2 aromatic heterocycles. The molecular weight excluding hydrogens is 368 g/mol. The molecule has 3 rings (SSSR count). The number of hydrogen-bond donors (Lipinski definition) is 2. The Labute approximate surface area is 159 Å². The van der Waals surface area contributed by atoms with Crippen molar-refractivity contribution >= 4 is 40.0 Å². The van der Waals surface area contributed by atoms with Crippen LogP contribution in [0.4, 0.5) is 0 Å². The molecule has 3 aromatic rings. The number of ether oxygens (including phenoxy) is 1. The molecule has 8 nitrogen and oxygen atoms in total. The van der Waals surface area contributed by atoms with Crippen LogP contribution in [-0.4, -0.2) is 33.9 Å². The molecule has 0 aliphatic heterocycles. The van der Waals surface area contributed by atoms with Crippen molar-refractivity contribution in [3.63, 3.8) is 0 Å². The molecule has 0 atom stereocenters. The fourth-order valence-electron chi connectivity index (χ4n) is 2.55. The molecule has 2 amide bonds. The Balaban J connectivity index is 1.48. The van der Waals surface area contributed by atoms with E-state index in [0.29, 0.717) is 10.6 Å². The molecule has 0 bridgehead atoms. The Morgan fingerprint density at radius 3 is 2.67 bits per heavy atom. The van der Waals surface area contributed by atoms with Crippen LogP contribution in [0, 0.1) is 6.92 Å². The van der Waals surface area contributed by atoms with Gasteiger partial charge in [-0.2, -0.15) is 0 Å². The van der Waals surface area contributed by atoms with Crippen LogP contribution in [0.5, 0.6) is 0 Å². The SMILES string of the molecule is Cc1csc(CC(=O)NNC(=O)COC(=O)c2cn(C)c3ccccc23)n1. The van der Waals surface area contributed by atoms with Crippen molar-refractivity contribution < 1.29 is 19.1 Å². The van der Waals surface area contributed by atoms with E-state index in [2.05, 4.69) is 15.8 Å². The Kier molecular flexibility index (Phi) is 5.51. The first-order chi connectivity index (χ1) is 12.9. The molecule has 0 aliphatic carbocycles. The van der Waals surface area contributed by atoms with Crippen LogP contribution in [0.15, 0.2) is 35.8 Å². The summed E-state index contributed by atoms with van der Waals surface area (Å²) in [5.74, 6) is -1.64. The molecule has 0 spiro atoms. The highest BCUT2D eigenvalue weighted by Crippen LogP contribution is 2.20. The second-order valence-electron chi connectivity index (χ2n) is 5.90.